The molecule has 0 aromatic heterocycles. The minimum absolute atomic E-state index is 0.125. The average Bonchev–Trinajstić information content (AvgIpc) is 3.14. The fourth-order valence-electron chi connectivity index (χ4n) is 2.99. The van der Waals surface area contributed by atoms with Crippen molar-refractivity contribution in [2.75, 3.05) is 11.9 Å². The number of rotatable bonds is 6. The second-order valence-electron chi connectivity index (χ2n) is 6.29. The lowest BCUT2D eigenvalue weighted by atomic mass is 10.1. The first-order valence-electron chi connectivity index (χ1n) is 8.70. The molecule has 0 atom stereocenters. The van der Waals surface area contributed by atoms with Crippen LogP contribution in [-0.4, -0.2) is 24.5 Å². The Balaban J connectivity index is 1.59. The number of benzene rings is 2. The van der Waals surface area contributed by atoms with Gasteiger partial charge in [-0.3, -0.25) is 9.59 Å². The molecule has 0 saturated heterocycles. The van der Waals surface area contributed by atoms with Crippen LogP contribution in [0.15, 0.2) is 53.0 Å². The molecular formula is C20H21BrN2O3. The van der Waals surface area contributed by atoms with E-state index >= 15 is 0 Å². The van der Waals surface area contributed by atoms with E-state index in [0.29, 0.717) is 17.0 Å². The topological polar surface area (TPSA) is 67.4 Å². The number of ether oxygens (including phenoxy) is 1. The normalized spacial score (nSPS) is 14.0. The van der Waals surface area contributed by atoms with E-state index in [4.69, 9.17) is 4.74 Å². The minimum Gasteiger partial charge on any atom is -0.484 e. The Hall–Kier alpha value is -2.34. The predicted octanol–water partition coefficient (Wildman–Crippen LogP) is 4.14. The molecule has 0 heterocycles. The Bertz CT molecular complexity index is 771. The van der Waals surface area contributed by atoms with Crippen molar-refractivity contribution in [2.24, 2.45) is 0 Å². The number of halogens is 1. The largest absolute Gasteiger partial charge is 0.484 e. The van der Waals surface area contributed by atoms with Gasteiger partial charge in [-0.25, -0.2) is 0 Å². The van der Waals surface area contributed by atoms with E-state index < -0.39 is 0 Å². The quantitative estimate of drug-likeness (QED) is 0.743. The van der Waals surface area contributed by atoms with E-state index in [9.17, 15) is 9.59 Å². The molecule has 0 bridgehead atoms. The molecule has 2 N–H and O–H groups in total. The zero-order valence-corrected chi connectivity index (χ0v) is 15.9. The Morgan fingerprint density at radius 1 is 1.04 bits per heavy atom. The number of amides is 2. The van der Waals surface area contributed by atoms with Crippen molar-refractivity contribution in [3.8, 4) is 5.75 Å². The molecule has 0 aliphatic heterocycles. The number of carbonyl (C=O) groups is 2. The van der Waals surface area contributed by atoms with Gasteiger partial charge in [0.2, 0.25) is 0 Å². The molecule has 0 radical (unpaired) electrons. The number of para-hydroxylation sites is 1. The summed E-state index contributed by atoms with van der Waals surface area (Å²) in [6, 6.07) is 14.5. The number of carbonyl (C=O) groups excluding carboxylic acids is 2. The van der Waals surface area contributed by atoms with Crippen LogP contribution < -0.4 is 15.4 Å². The first kappa shape index (κ1) is 18.5. The van der Waals surface area contributed by atoms with Crippen LogP contribution in [0.5, 0.6) is 5.75 Å². The van der Waals surface area contributed by atoms with Crippen molar-refractivity contribution in [2.45, 2.75) is 31.7 Å². The highest BCUT2D eigenvalue weighted by molar-refractivity contribution is 9.10. The van der Waals surface area contributed by atoms with Crippen LogP contribution >= 0.6 is 15.9 Å². The molecule has 0 spiro atoms. The lowest BCUT2D eigenvalue weighted by molar-refractivity contribution is -0.118. The SMILES string of the molecule is O=C(COc1ccc(Br)cc1)Nc1ccccc1C(=O)NC1CCCC1. The van der Waals surface area contributed by atoms with Crippen LogP contribution in [0.2, 0.25) is 0 Å². The fraction of sp³-hybridized carbons (Fsp3) is 0.300. The van der Waals surface area contributed by atoms with Crippen molar-refractivity contribution >= 4 is 33.4 Å². The van der Waals surface area contributed by atoms with Crippen LogP contribution in [-0.2, 0) is 4.79 Å². The summed E-state index contributed by atoms with van der Waals surface area (Å²) in [7, 11) is 0. The second-order valence-corrected chi connectivity index (χ2v) is 7.21. The highest BCUT2D eigenvalue weighted by Gasteiger charge is 2.20. The monoisotopic (exact) mass is 416 g/mol. The van der Waals surface area contributed by atoms with Gasteiger partial charge in [-0.2, -0.15) is 0 Å². The predicted molar refractivity (Wildman–Crippen MR) is 104 cm³/mol. The lowest BCUT2D eigenvalue weighted by Crippen LogP contribution is -2.33. The summed E-state index contributed by atoms with van der Waals surface area (Å²) in [4.78, 5) is 24.7. The van der Waals surface area contributed by atoms with Gasteiger partial charge in [-0.15, -0.1) is 0 Å². The van der Waals surface area contributed by atoms with Gasteiger partial charge in [0.25, 0.3) is 11.8 Å². The van der Waals surface area contributed by atoms with Gasteiger partial charge in [0, 0.05) is 10.5 Å². The van der Waals surface area contributed by atoms with E-state index in [1.165, 1.54) is 0 Å². The summed E-state index contributed by atoms with van der Waals surface area (Å²) in [6.45, 7) is -0.125. The highest BCUT2D eigenvalue weighted by Crippen LogP contribution is 2.20. The summed E-state index contributed by atoms with van der Waals surface area (Å²) in [5.41, 5.74) is 0.962. The van der Waals surface area contributed by atoms with Gasteiger partial charge in [0.15, 0.2) is 6.61 Å². The molecule has 1 aliphatic rings. The maximum atomic E-state index is 12.5. The number of hydrogen-bond donors (Lipinski definition) is 2. The third-order valence-corrected chi connectivity index (χ3v) is 4.85. The molecule has 5 nitrogen and oxygen atoms in total. The zero-order valence-electron chi connectivity index (χ0n) is 14.3. The Morgan fingerprint density at radius 3 is 2.46 bits per heavy atom. The average molecular weight is 417 g/mol. The van der Waals surface area contributed by atoms with Crippen molar-refractivity contribution in [3.05, 3.63) is 58.6 Å². The van der Waals surface area contributed by atoms with Crippen molar-refractivity contribution in [1.82, 2.24) is 5.32 Å². The Morgan fingerprint density at radius 2 is 1.73 bits per heavy atom. The van der Waals surface area contributed by atoms with Gasteiger partial charge in [-0.1, -0.05) is 40.9 Å². The minimum atomic E-state index is -0.311. The maximum absolute atomic E-state index is 12.5. The first-order chi connectivity index (χ1) is 12.6. The van der Waals surface area contributed by atoms with E-state index in [0.717, 1.165) is 30.2 Å². The smallest absolute Gasteiger partial charge is 0.262 e. The van der Waals surface area contributed by atoms with Crippen LogP contribution in [0.25, 0.3) is 0 Å². The standard InChI is InChI=1S/C20H21BrN2O3/c21-14-9-11-16(12-10-14)26-13-19(24)23-18-8-4-3-7-17(18)20(25)22-15-5-1-2-6-15/h3-4,7-12,15H,1-2,5-6,13H2,(H,22,25)(H,23,24). The van der Waals surface area contributed by atoms with Gasteiger partial charge < -0.3 is 15.4 Å². The Labute approximate surface area is 161 Å². The molecule has 6 heteroatoms. The van der Waals surface area contributed by atoms with Crippen molar-refractivity contribution < 1.29 is 14.3 Å². The van der Waals surface area contributed by atoms with Gasteiger partial charge in [-0.05, 0) is 49.2 Å². The van der Waals surface area contributed by atoms with E-state index in [1.807, 2.05) is 12.1 Å². The van der Waals surface area contributed by atoms with E-state index in [-0.39, 0.29) is 24.5 Å². The molecule has 3 rings (SSSR count). The zero-order chi connectivity index (χ0) is 18.4. The molecule has 0 unspecified atom stereocenters. The summed E-state index contributed by atoms with van der Waals surface area (Å²) in [5, 5.41) is 5.81. The highest BCUT2D eigenvalue weighted by atomic mass is 79.9. The van der Waals surface area contributed by atoms with Crippen molar-refractivity contribution in [3.63, 3.8) is 0 Å². The molecule has 1 aliphatic carbocycles. The molecule has 1 saturated carbocycles. The van der Waals surface area contributed by atoms with Crippen LogP contribution in [0.4, 0.5) is 5.69 Å². The van der Waals surface area contributed by atoms with Gasteiger partial charge in [0.1, 0.15) is 5.75 Å². The molecule has 2 aromatic carbocycles. The third kappa shape index (κ3) is 5.08. The van der Waals surface area contributed by atoms with Crippen molar-refractivity contribution in [1.29, 1.82) is 0 Å². The molecule has 26 heavy (non-hydrogen) atoms. The van der Waals surface area contributed by atoms with E-state index in [1.54, 1.807) is 36.4 Å². The molecule has 2 aromatic rings. The van der Waals surface area contributed by atoms with Gasteiger partial charge >= 0.3 is 0 Å². The number of anilines is 1. The summed E-state index contributed by atoms with van der Waals surface area (Å²) >= 11 is 3.35. The number of hydrogen-bond acceptors (Lipinski definition) is 3. The number of nitrogens with one attached hydrogen (secondary N) is 2. The maximum Gasteiger partial charge on any atom is 0.262 e. The molecular weight excluding hydrogens is 396 g/mol. The van der Waals surface area contributed by atoms with Crippen LogP contribution in [0, 0.1) is 0 Å². The lowest BCUT2D eigenvalue weighted by Gasteiger charge is -2.15. The van der Waals surface area contributed by atoms with Crippen LogP contribution in [0.1, 0.15) is 36.0 Å². The molecule has 2 amide bonds. The third-order valence-electron chi connectivity index (χ3n) is 4.32. The summed E-state index contributed by atoms with van der Waals surface area (Å²) < 4.78 is 6.41. The van der Waals surface area contributed by atoms with Crippen LogP contribution in [0.3, 0.4) is 0 Å². The second kappa shape index (κ2) is 8.85. The first-order valence-corrected chi connectivity index (χ1v) is 9.49. The summed E-state index contributed by atoms with van der Waals surface area (Å²) in [6.07, 6.45) is 4.33. The fourth-order valence-corrected chi connectivity index (χ4v) is 3.25. The van der Waals surface area contributed by atoms with E-state index in [2.05, 4.69) is 26.6 Å². The summed E-state index contributed by atoms with van der Waals surface area (Å²) in [5.74, 6) is 0.145. The Kier molecular flexibility index (Phi) is 6.28. The van der Waals surface area contributed by atoms with Gasteiger partial charge in [0.05, 0.1) is 11.3 Å². The molecule has 1 fully saturated rings. The molecule has 136 valence electrons.